The number of hydrogen-bond donors (Lipinski definition) is 1. The Balaban J connectivity index is 2.04. The molecule has 0 spiro atoms. The fraction of sp³-hybridized carbons (Fsp3) is 0.611. The molecular formula is C18H29N3O2. The first-order valence-corrected chi connectivity index (χ1v) is 8.36. The fourth-order valence-electron chi connectivity index (χ4n) is 2.99. The topological polar surface area (TPSA) is 46.1 Å². The van der Waals surface area contributed by atoms with Crippen molar-refractivity contribution >= 4 is 5.96 Å². The SMILES string of the molecule is CCNC(=NCc1ccccc1COC)N1CCC(COC)C1. The summed E-state index contributed by atoms with van der Waals surface area (Å²) >= 11 is 0. The summed E-state index contributed by atoms with van der Waals surface area (Å²) in [5.74, 6) is 1.60. The molecule has 0 amide bonds. The number of guanidine groups is 1. The van der Waals surface area contributed by atoms with Crippen molar-refractivity contribution in [3.05, 3.63) is 35.4 Å². The zero-order valence-corrected chi connectivity index (χ0v) is 14.5. The molecule has 0 saturated carbocycles. The highest BCUT2D eigenvalue weighted by atomic mass is 16.5. The van der Waals surface area contributed by atoms with E-state index in [1.807, 2.05) is 6.07 Å². The van der Waals surface area contributed by atoms with E-state index in [2.05, 4.69) is 35.3 Å². The zero-order valence-electron chi connectivity index (χ0n) is 14.5. The van der Waals surface area contributed by atoms with Crippen LogP contribution in [0.1, 0.15) is 24.5 Å². The Hall–Kier alpha value is -1.59. The number of hydrogen-bond acceptors (Lipinski definition) is 3. The van der Waals surface area contributed by atoms with Crippen molar-refractivity contribution in [2.75, 3.05) is 40.5 Å². The van der Waals surface area contributed by atoms with Crippen LogP contribution in [0.25, 0.3) is 0 Å². The lowest BCUT2D eigenvalue weighted by Gasteiger charge is -2.22. The van der Waals surface area contributed by atoms with Crippen LogP contribution in [0.4, 0.5) is 0 Å². The number of aliphatic imine (C=N–C) groups is 1. The quantitative estimate of drug-likeness (QED) is 0.618. The van der Waals surface area contributed by atoms with E-state index in [0.717, 1.165) is 32.2 Å². The van der Waals surface area contributed by atoms with Crippen molar-refractivity contribution in [3.8, 4) is 0 Å². The van der Waals surface area contributed by atoms with Gasteiger partial charge in [0.05, 0.1) is 19.8 Å². The molecule has 0 radical (unpaired) electrons. The molecule has 1 N–H and O–H groups in total. The molecule has 1 aromatic rings. The predicted molar refractivity (Wildman–Crippen MR) is 93.5 cm³/mol. The minimum Gasteiger partial charge on any atom is -0.384 e. The Morgan fingerprint density at radius 2 is 2.04 bits per heavy atom. The van der Waals surface area contributed by atoms with Crippen molar-refractivity contribution < 1.29 is 9.47 Å². The van der Waals surface area contributed by atoms with E-state index in [9.17, 15) is 0 Å². The third-order valence-corrected chi connectivity index (χ3v) is 4.14. The summed E-state index contributed by atoms with van der Waals surface area (Å²) in [7, 11) is 3.50. The second-order valence-electron chi connectivity index (χ2n) is 5.93. The lowest BCUT2D eigenvalue weighted by atomic mass is 10.1. The van der Waals surface area contributed by atoms with Crippen molar-refractivity contribution in [2.45, 2.75) is 26.5 Å². The molecule has 1 atom stereocenters. The molecular weight excluding hydrogens is 290 g/mol. The van der Waals surface area contributed by atoms with Gasteiger partial charge in [-0.05, 0) is 24.5 Å². The molecule has 5 nitrogen and oxygen atoms in total. The standard InChI is InChI=1S/C18H29N3O2/c1-4-19-18(21-10-9-15(12-21)13-22-2)20-11-16-7-5-6-8-17(16)14-23-3/h5-8,15H,4,9-14H2,1-3H3,(H,19,20). The molecule has 1 aliphatic heterocycles. The highest BCUT2D eigenvalue weighted by Crippen LogP contribution is 2.17. The smallest absolute Gasteiger partial charge is 0.194 e. The van der Waals surface area contributed by atoms with Crippen LogP contribution >= 0.6 is 0 Å². The summed E-state index contributed by atoms with van der Waals surface area (Å²) in [4.78, 5) is 7.18. The first-order valence-electron chi connectivity index (χ1n) is 8.36. The second-order valence-corrected chi connectivity index (χ2v) is 5.93. The Labute approximate surface area is 139 Å². The summed E-state index contributed by atoms with van der Waals surface area (Å²) < 4.78 is 10.6. The number of rotatable bonds is 7. The maximum Gasteiger partial charge on any atom is 0.194 e. The van der Waals surface area contributed by atoms with Gasteiger partial charge < -0.3 is 19.7 Å². The van der Waals surface area contributed by atoms with E-state index in [1.165, 1.54) is 17.5 Å². The third kappa shape index (κ3) is 5.22. The molecule has 0 bridgehead atoms. The first kappa shape index (κ1) is 17.8. The van der Waals surface area contributed by atoms with Crippen molar-refractivity contribution in [1.29, 1.82) is 0 Å². The number of nitrogens with one attached hydrogen (secondary N) is 1. The average molecular weight is 319 g/mol. The van der Waals surface area contributed by atoms with Crippen LogP contribution in [0, 0.1) is 5.92 Å². The number of likely N-dealkylation sites (tertiary alicyclic amines) is 1. The Morgan fingerprint density at radius 3 is 2.74 bits per heavy atom. The van der Waals surface area contributed by atoms with Gasteiger partial charge in [-0.2, -0.15) is 0 Å². The first-order chi connectivity index (χ1) is 11.3. The highest BCUT2D eigenvalue weighted by Gasteiger charge is 2.24. The van der Waals surface area contributed by atoms with Gasteiger partial charge in [-0.25, -0.2) is 4.99 Å². The van der Waals surface area contributed by atoms with Gasteiger partial charge in [-0.1, -0.05) is 24.3 Å². The summed E-state index contributed by atoms with van der Waals surface area (Å²) in [6, 6.07) is 8.33. The largest absolute Gasteiger partial charge is 0.384 e. The molecule has 1 aromatic carbocycles. The molecule has 128 valence electrons. The van der Waals surface area contributed by atoms with Crippen LogP contribution in [0.15, 0.2) is 29.3 Å². The molecule has 2 rings (SSSR count). The van der Waals surface area contributed by atoms with E-state index < -0.39 is 0 Å². The number of benzene rings is 1. The molecule has 1 unspecified atom stereocenters. The summed E-state index contributed by atoms with van der Waals surface area (Å²) in [6.07, 6.45) is 1.17. The van der Waals surface area contributed by atoms with Gasteiger partial charge in [-0.3, -0.25) is 0 Å². The second kappa shape index (κ2) is 9.53. The van der Waals surface area contributed by atoms with Crippen molar-refractivity contribution in [3.63, 3.8) is 0 Å². The molecule has 23 heavy (non-hydrogen) atoms. The van der Waals surface area contributed by atoms with Gasteiger partial charge >= 0.3 is 0 Å². The van der Waals surface area contributed by atoms with E-state index in [0.29, 0.717) is 19.1 Å². The average Bonchev–Trinajstić information content (AvgIpc) is 3.02. The predicted octanol–water partition coefficient (Wildman–Crippen LogP) is 2.27. The molecule has 1 fully saturated rings. The molecule has 1 heterocycles. The van der Waals surface area contributed by atoms with Crippen LogP contribution in [-0.4, -0.2) is 51.3 Å². The number of methoxy groups -OCH3 is 2. The van der Waals surface area contributed by atoms with E-state index >= 15 is 0 Å². The van der Waals surface area contributed by atoms with E-state index in [4.69, 9.17) is 14.5 Å². The fourth-order valence-corrected chi connectivity index (χ4v) is 2.99. The van der Waals surface area contributed by atoms with Crippen LogP contribution in [0.5, 0.6) is 0 Å². The lowest BCUT2D eigenvalue weighted by molar-refractivity contribution is 0.157. The highest BCUT2D eigenvalue weighted by molar-refractivity contribution is 5.80. The Kier molecular flexibility index (Phi) is 7.36. The lowest BCUT2D eigenvalue weighted by Crippen LogP contribution is -2.40. The van der Waals surface area contributed by atoms with Gasteiger partial charge in [0.1, 0.15) is 0 Å². The Morgan fingerprint density at radius 1 is 1.26 bits per heavy atom. The third-order valence-electron chi connectivity index (χ3n) is 4.14. The minimum atomic E-state index is 0.602. The van der Waals surface area contributed by atoms with Crippen LogP contribution in [0.2, 0.25) is 0 Å². The van der Waals surface area contributed by atoms with Gasteiger partial charge in [-0.15, -0.1) is 0 Å². The van der Waals surface area contributed by atoms with Crippen molar-refractivity contribution in [2.24, 2.45) is 10.9 Å². The normalized spacial score (nSPS) is 18.5. The zero-order chi connectivity index (χ0) is 16.5. The summed E-state index contributed by atoms with van der Waals surface area (Å²) in [6.45, 7) is 7.17. The summed E-state index contributed by atoms with van der Waals surface area (Å²) in [5, 5.41) is 3.41. The van der Waals surface area contributed by atoms with Gasteiger partial charge in [0.2, 0.25) is 0 Å². The maximum absolute atomic E-state index is 5.28. The Bertz CT molecular complexity index is 505. The number of ether oxygens (including phenoxy) is 2. The van der Waals surface area contributed by atoms with Gasteiger partial charge in [0, 0.05) is 39.8 Å². The van der Waals surface area contributed by atoms with Crippen LogP contribution < -0.4 is 5.32 Å². The summed E-state index contributed by atoms with van der Waals surface area (Å²) in [5.41, 5.74) is 2.42. The van der Waals surface area contributed by atoms with Gasteiger partial charge in [0.15, 0.2) is 5.96 Å². The monoisotopic (exact) mass is 319 g/mol. The van der Waals surface area contributed by atoms with Gasteiger partial charge in [0.25, 0.3) is 0 Å². The number of nitrogens with zero attached hydrogens (tertiary/aromatic N) is 2. The van der Waals surface area contributed by atoms with E-state index in [1.54, 1.807) is 14.2 Å². The van der Waals surface area contributed by atoms with Crippen LogP contribution in [0.3, 0.4) is 0 Å². The molecule has 1 saturated heterocycles. The molecule has 5 heteroatoms. The maximum atomic E-state index is 5.28. The van der Waals surface area contributed by atoms with E-state index in [-0.39, 0.29) is 0 Å². The van der Waals surface area contributed by atoms with Crippen molar-refractivity contribution in [1.82, 2.24) is 10.2 Å². The molecule has 0 aliphatic carbocycles. The molecule has 1 aliphatic rings. The minimum absolute atomic E-state index is 0.602. The van der Waals surface area contributed by atoms with Crippen LogP contribution in [-0.2, 0) is 22.6 Å². The molecule has 0 aromatic heterocycles.